The van der Waals surface area contributed by atoms with E-state index in [0.29, 0.717) is 12.1 Å². The van der Waals surface area contributed by atoms with Crippen molar-refractivity contribution < 1.29 is 31.1 Å². The van der Waals surface area contributed by atoms with Crippen LogP contribution in [0, 0.1) is 0 Å². The van der Waals surface area contributed by atoms with Crippen molar-refractivity contribution in [2.24, 2.45) is 0 Å². The molecular weight excluding hydrogens is 400 g/mol. The topological polar surface area (TPSA) is 107 Å². The maximum Gasteiger partial charge on any atom is 0.416 e. The van der Waals surface area contributed by atoms with Gasteiger partial charge in [0.15, 0.2) is 5.16 Å². The summed E-state index contributed by atoms with van der Waals surface area (Å²) < 4.78 is 76.8. The molecule has 0 aliphatic rings. The van der Waals surface area contributed by atoms with E-state index in [4.69, 9.17) is 11.5 Å². The molecule has 2 rings (SSSR count). The second kappa shape index (κ2) is 7.50. The number of thioether (sulfide) groups is 1. The number of hydrogen-bond donors (Lipinski definition) is 3. The first-order valence-corrected chi connectivity index (χ1v) is 7.95. The Labute approximate surface area is 152 Å². The van der Waals surface area contributed by atoms with Crippen LogP contribution in [0.1, 0.15) is 11.1 Å². The molecule has 0 atom stereocenters. The molecular formula is C14H11F6N5OS. The van der Waals surface area contributed by atoms with E-state index in [9.17, 15) is 31.1 Å². The van der Waals surface area contributed by atoms with Crippen molar-refractivity contribution in [3.8, 4) is 0 Å². The highest BCUT2D eigenvalue weighted by Gasteiger charge is 2.37. The third-order valence-corrected chi connectivity index (χ3v) is 3.80. The van der Waals surface area contributed by atoms with Gasteiger partial charge in [0.25, 0.3) is 0 Å². The molecule has 0 unspecified atom stereocenters. The van der Waals surface area contributed by atoms with Gasteiger partial charge in [-0.15, -0.1) is 0 Å². The highest BCUT2D eigenvalue weighted by Crippen LogP contribution is 2.37. The van der Waals surface area contributed by atoms with Crippen molar-refractivity contribution in [2.75, 3.05) is 22.5 Å². The number of amides is 1. The third kappa shape index (κ3) is 5.91. The number of anilines is 3. The van der Waals surface area contributed by atoms with Crippen LogP contribution in [0.2, 0.25) is 0 Å². The van der Waals surface area contributed by atoms with Crippen molar-refractivity contribution in [3.05, 3.63) is 35.4 Å². The molecule has 1 heterocycles. The number of carbonyl (C=O) groups excluding carboxylic acids is 1. The van der Waals surface area contributed by atoms with Crippen LogP contribution in [0.15, 0.2) is 29.4 Å². The van der Waals surface area contributed by atoms with Gasteiger partial charge in [-0.05, 0) is 18.2 Å². The Bertz CT molecular complexity index is 802. The fraction of sp³-hybridized carbons (Fsp3) is 0.214. The number of nitrogens with one attached hydrogen (secondary N) is 1. The molecule has 0 aliphatic heterocycles. The lowest BCUT2D eigenvalue weighted by atomic mass is 10.1. The Morgan fingerprint density at radius 2 is 1.41 bits per heavy atom. The molecule has 0 bridgehead atoms. The Morgan fingerprint density at radius 3 is 1.85 bits per heavy atom. The standard InChI is InChI=1S/C14H11F6N5OS/c15-13(16,17)6-1-7(14(18,19)20)3-8(2-6)23-11(26)5-27-12-24-9(21)4-10(22)25-12/h1-4H,5H2,(H,23,26)(H4,21,22,24,25). The quantitative estimate of drug-likeness (QED) is 0.404. The van der Waals surface area contributed by atoms with Crippen LogP contribution in [0.3, 0.4) is 0 Å². The number of nitrogens with zero attached hydrogens (tertiary/aromatic N) is 2. The van der Waals surface area contributed by atoms with Gasteiger partial charge in [-0.1, -0.05) is 11.8 Å². The predicted molar refractivity (Wildman–Crippen MR) is 86.7 cm³/mol. The number of rotatable bonds is 4. The van der Waals surface area contributed by atoms with Crippen LogP contribution >= 0.6 is 11.8 Å². The maximum absolute atomic E-state index is 12.8. The van der Waals surface area contributed by atoms with Crippen molar-refractivity contribution >= 4 is 35.0 Å². The molecule has 0 saturated heterocycles. The van der Waals surface area contributed by atoms with E-state index in [1.807, 2.05) is 5.32 Å². The molecule has 5 N–H and O–H groups in total. The highest BCUT2D eigenvalue weighted by atomic mass is 32.2. The van der Waals surface area contributed by atoms with Crippen LogP contribution in [0.4, 0.5) is 43.7 Å². The molecule has 146 valence electrons. The lowest BCUT2D eigenvalue weighted by Gasteiger charge is -2.14. The summed E-state index contributed by atoms with van der Waals surface area (Å²) in [5.41, 5.74) is 7.18. The lowest BCUT2D eigenvalue weighted by Crippen LogP contribution is -2.17. The van der Waals surface area contributed by atoms with Crippen molar-refractivity contribution in [1.82, 2.24) is 9.97 Å². The minimum atomic E-state index is -5.01. The largest absolute Gasteiger partial charge is 0.416 e. The molecule has 6 nitrogen and oxygen atoms in total. The van der Waals surface area contributed by atoms with Gasteiger partial charge in [0.1, 0.15) is 11.6 Å². The molecule has 0 radical (unpaired) electrons. The monoisotopic (exact) mass is 411 g/mol. The SMILES string of the molecule is Nc1cc(N)nc(SCC(=O)Nc2cc(C(F)(F)F)cc(C(F)(F)F)c2)n1. The molecule has 27 heavy (non-hydrogen) atoms. The summed E-state index contributed by atoms with van der Waals surface area (Å²) in [6.45, 7) is 0. The summed E-state index contributed by atoms with van der Waals surface area (Å²) >= 11 is 0.757. The van der Waals surface area contributed by atoms with E-state index in [1.165, 1.54) is 6.07 Å². The second-order valence-corrected chi connectivity index (χ2v) is 6.07. The van der Waals surface area contributed by atoms with Crippen LogP contribution in [0.5, 0.6) is 0 Å². The van der Waals surface area contributed by atoms with E-state index in [-0.39, 0.29) is 28.6 Å². The average Bonchev–Trinajstić information content (AvgIpc) is 2.50. The van der Waals surface area contributed by atoms with Crippen molar-refractivity contribution in [2.45, 2.75) is 17.5 Å². The van der Waals surface area contributed by atoms with Crippen LogP contribution in [0.25, 0.3) is 0 Å². The van der Waals surface area contributed by atoms with Crippen molar-refractivity contribution in [3.63, 3.8) is 0 Å². The Kier molecular flexibility index (Phi) is 5.73. The number of nitrogens with two attached hydrogens (primary N) is 2. The minimum absolute atomic E-state index is 0.0303. The fourth-order valence-corrected chi connectivity index (χ4v) is 2.55. The smallest absolute Gasteiger partial charge is 0.383 e. The third-order valence-electron chi connectivity index (χ3n) is 2.95. The molecule has 1 aromatic carbocycles. The summed E-state index contributed by atoms with van der Waals surface area (Å²) in [5.74, 6) is -1.17. The first kappa shape index (κ1) is 20.6. The molecule has 2 aromatic rings. The van der Waals surface area contributed by atoms with Gasteiger partial charge < -0.3 is 16.8 Å². The fourth-order valence-electron chi connectivity index (χ4n) is 1.88. The molecule has 0 aliphatic carbocycles. The molecule has 1 amide bonds. The Balaban J connectivity index is 2.16. The van der Waals surface area contributed by atoms with Crippen molar-refractivity contribution in [1.29, 1.82) is 0 Å². The first-order valence-electron chi connectivity index (χ1n) is 6.97. The van der Waals surface area contributed by atoms with Crippen LogP contribution in [-0.4, -0.2) is 21.6 Å². The number of nitrogen functional groups attached to an aromatic ring is 2. The summed E-state index contributed by atoms with van der Waals surface area (Å²) in [6, 6.07) is 2.05. The van der Waals surface area contributed by atoms with Crippen LogP contribution in [-0.2, 0) is 17.1 Å². The highest BCUT2D eigenvalue weighted by molar-refractivity contribution is 7.99. The van der Waals surface area contributed by atoms with Crippen LogP contribution < -0.4 is 16.8 Å². The van der Waals surface area contributed by atoms with E-state index >= 15 is 0 Å². The minimum Gasteiger partial charge on any atom is -0.383 e. The number of hydrogen-bond acceptors (Lipinski definition) is 6. The molecule has 13 heteroatoms. The lowest BCUT2D eigenvalue weighted by molar-refractivity contribution is -0.143. The summed E-state index contributed by atoms with van der Waals surface area (Å²) in [6.07, 6.45) is -10.0. The number of carbonyl (C=O) groups is 1. The zero-order chi connectivity index (χ0) is 20.4. The second-order valence-electron chi connectivity index (χ2n) is 5.13. The zero-order valence-electron chi connectivity index (χ0n) is 13.1. The number of aromatic nitrogens is 2. The first-order chi connectivity index (χ1) is 12.3. The number of benzene rings is 1. The number of alkyl halides is 6. The molecule has 1 aromatic heterocycles. The maximum atomic E-state index is 12.8. The zero-order valence-corrected chi connectivity index (χ0v) is 14.0. The Morgan fingerprint density at radius 1 is 0.926 bits per heavy atom. The predicted octanol–water partition coefficient (Wildman–Crippen LogP) is 3.41. The van der Waals surface area contributed by atoms with E-state index in [0.717, 1.165) is 11.8 Å². The van der Waals surface area contributed by atoms with Gasteiger partial charge in [0, 0.05) is 11.8 Å². The molecule has 0 spiro atoms. The summed E-state index contributed by atoms with van der Waals surface area (Å²) in [5, 5.41) is 2.02. The van der Waals surface area contributed by atoms with Gasteiger partial charge in [0.2, 0.25) is 5.91 Å². The molecule has 0 fully saturated rings. The average molecular weight is 411 g/mol. The van der Waals surface area contributed by atoms with E-state index in [1.54, 1.807) is 0 Å². The van der Waals surface area contributed by atoms with Gasteiger partial charge in [-0.3, -0.25) is 4.79 Å². The van der Waals surface area contributed by atoms with Gasteiger partial charge in [0.05, 0.1) is 16.9 Å². The summed E-state index contributed by atoms with van der Waals surface area (Å²) in [4.78, 5) is 19.4. The van der Waals surface area contributed by atoms with Gasteiger partial charge in [-0.2, -0.15) is 26.3 Å². The normalized spacial score (nSPS) is 12.1. The number of halogens is 6. The van der Waals surface area contributed by atoms with E-state index < -0.39 is 35.1 Å². The Hall–Kier alpha value is -2.70. The van der Waals surface area contributed by atoms with Gasteiger partial charge >= 0.3 is 12.4 Å². The van der Waals surface area contributed by atoms with Gasteiger partial charge in [-0.25, -0.2) is 9.97 Å². The summed E-state index contributed by atoms with van der Waals surface area (Å²) in [7, 11) is 0. The molecule has 0 saturated carbocycles. The van der Waals surface area contributed by atoms with E-state index in [2.05, 4.69) is 9.97 Å².